The van der Waals surface area contributed by atoms with Gasteiger partial charge in [-0.05, 0) is 55.2 Å². The first-order valence-electron chi connectivity index (χ1n) is 9.35. The normalized spacial score (nSPS) is 15.0. The van der Waals surface area contributed by atoms with E-state index >= 15 is 0 Å². The minimum absolute atomic E-state index is 0.125. The summed E-state index contributed by atoms with van der Waals surface area (Å²) in [5, 5.41) is 2.94. The summed E-state index contributed by atoms with van der Waals surface area (Å²) in [4.78, 5) is 14.8. The van der Waals surface area contributed by atoms with Crippen LogP contribution >= 0.6 is 0 Å². The van der Waals surface area contributed by atoms with Gasteiger partial charge in [0.2, 0.25) is 0 Å². The standard InChI is InChI=1S/C22H27FN2O/c1-22(2,19-8-4-5-9-20(19)23)16-24-21(26)17-10-12-18(13-11-17)25-14-6-3-7-15-25/h4-5,8-13H,3,6-7,14-16H2,1-2H3,(H,24,26). The Balaban J connectivity index is 1.62. The molecule has 0 radical (unpaired) electrons. The molecule has 3 rings (SSSR count). The lowest BCUT2D eigenvalue weighted by Gasteiger charge is -2.29. The number of piperidine rings is 1. The fraction of sp³-hybridized carbons (Fsp3) is 0.409. The smallest absolute Gasteiger partial charge is 0.251 e. The van der Waals surface area contributed by atoms with Gasteiger partial charge in [0.05, 0.1) is 0 Å². The maximum absolute atomic E-state index is 14.0. The van der Waals surface area contributed by atoms with Gasteiger partial charge in [0.1, 0.15) is 5.82 Å². The van der Waals surface area contributed by atoms with E-state index in [-0.39, 0.29) is 11.7 Å². The van der Waals surface area contributed by atoms with E-state index in [4.69, 9.17) is 0 Å². The van der Waals surface area contributed by atoms with Crippen LogP contribution in [0.3, 0.4) is 0 Å². The van der Waals surface area contributed by atoms with Gasteiger partial charge in [-0.3, -0.25) is 4.79 Å². The maximum Gasteiger partial charge on any atom is 0.251 e. The Hall–Kier alpha value is -2.36. The van der Waals surface area contributed by atoms with E-state index in [1.807, 2.05) is 44.2 Å². The molecule has 1 saturated heterocycles. The average Bonchev–Trinajstić information content (AvgIpc) is 2.67. The number of amides is 1. The molecule has 138 valence electrons. The Bertz CT molecular complexity index is 749. The molecule has 1 aliphatic heterocycles. The number of nitrogens with one attached hydrogen (secondary N) is 1. The van der Waals surface area contributed by atoms with Gasteiger partial charge in [-0.25, -0.2) is 4.39 Å². The summed E-state index contributed by atoms with van der Waals surface area (Å²) in [5.41, 5.74) is 1.94. The summed E-state index contributed by atoms with van der Waals surface area (Å²) < 4.78 is 14.0. The summed E-state index contributed by atoms with van der Waals surface area (Å²) >= 11 is 0. The van der Waals surface area contributed by atoms with Crippen LogP contribution in [0.2, 0.25) is 0 Å². The van der Waals surface area contributed by atoms with E-state index in [0.29, 0.717) is 17.7 Å². The van der Waals surface area contributed by atoms with Gasteiger partial charge in [0, 0.05) is 36.3 Å². The zero-order chi connectivity index (χ0) is 18.6. The van der Waals surface area contributed by atoms with Crippen LogP contribution < -0.4 is 10.2 Å². The third-order valence-corrected chi connectivity index (χ3v) is 5.14. The molecule has 1 N–H and O–H groups in total. The topological polar surface area (TPSA) is 32.3 Å². The Morgan fingerprint density at radius 3 is 2.35 bits per heavy atom. The number of carbonyl (C=O) groups excluding carboxylic acids is 1. The van der Waals surface area contributed by atoms with E-state index in [9.17, 15) is 9.18 Å². The van der Waals surface area contributed by atoms with Crippen molar-refractivity contribution in [2.75, 3.05) is 24.5 Å². The lowest BCUT2D eigenvalue weighted by atomic mass is 9.84. The molecule has 1 amide bonds. The molecule has 4 heteroatoms. The Kier molecular flexibility index (Phi) is 5.60. The Labute approximate surface area is 155 Å². The maximum atomic E-state index is 14.0. The van der Waals surface area contributed by atoms with Crippen LogP contribution in [0.25, 0.3) is 0 Å². The van der Waals surface area contributed by atoms with Crippen molar-refractivity contribution in [3.63, 3.8) is 0 Å². The number of hydrogen-bond donors (Lipinski definition) is 1. The van der Waals surface area contributed by atoms with Crippen molar-refractivity contribution in [2.24, 2.45) is 0 Å². The quantitative estimate of drug-likeness (QED) is 0.856. The molecule has 0 unspecified atom stereocenters. The molecule has 2 aromatic rings. The average molecular weight is 354 g/mol. The molecule has 26 heavy (non-hydrogen) atoms. The molecular formula is C22H27FN2O. The second-order valence-corrected chi connectivity index (χ2v) is 7.64. The molecule has 3 nitrogen and oxygen atoms in total. The van der Waals surface area contributed by atoms with Crippen LogP contribution in [0.4, 0.5) is 10.1 Å². The molecule has 0 aromatic heterocycles. The number of halogens is 1. The summed E-state index contributed by atoms with van der Waals surface area (Å²) in [6, 6.07) is 14.5. The van der Waals surface area contributed by atoms with Crippen LogP contribution in [0.15, 0.2) is 48.5 Å². The molecule has 0 bridgehead atoms. The van der Waals surface area contributed by atoms with Gasteiger partial charge < -0.3 is 10.2 Å². The van der Waals surface area contributed by atoms with Crippen molar-refractivity contribution >= 4 is 11.6 Å². The number of nitrogens with zero attached hydrogens (tertiary/aromatic N) is 1. The van der Waals surface area contributed by atoms with Crippen LogP contribution in [-0.2, 0) is 5.41 Å². The minimum Gasteiger partial charge on any atom is -0.372 e. The van der Waals surface area contributed by atoms with Crippen LogP contribution in [0, 0.1) is 5.82 Å². The van der Waals surface area contributed by atoms with E-state index in [1.54, 1.807) is 12.1 Å². The van der Waals surface area contributed by atoms with E-state index < -0.39 is 5.41 Å². The van der Waals surface area contributed by atoms with Crippen molar-refractivity contribution < 1.29 is 9.18 Å². The highest BCUT2D eigenvalue weighted by Crippen LogP contribution is 2.25. The Morgan fingerprint density at radius 2 is 1.69 bits per heavy atom. The largest absolute Gasteiger partial charge is 0.372 e. The van der Waals surface area contributed by atoms with Crippen LogP contribution in [0.1, 0.15) is 49.0 Å². The number of benzene rings is 2. The summed E-state index contributed by atoms with van der Waals surface area (Å²) in [7, 11) is 0. The molecule has 0 atom stereocenters. The van der Waals surface area contributed by atoms with Gasteiger partial charge in [-0.1, -0.05) is 32.0 Å². The third kappa shape index (κ3) is 4.24. The molecule has 1 fully saturated rings. The second-order valence-electron chi connectivity index (χ2n) is 7.64. The zero-order valence-electron chi connectivity index (χ0n) is 15.6. The summed E-state index contributed by atoms with van der Waals surface area (Å²) in [6.45, 7) is 6.42. The van der Waals surface area contributed by atoms with E-state index in [1.165, 1.54) is 31.0 Å². The molecule has 1 aliphatic rings. The van der Waals surface area contributed by atoms with Gasteiger partial charge >= 0.3 is 0 Å². The van der Waals surface area contributed by atoms with Crippen LogP contribution in [0.5, 0.6) is 0 Å². The molecule has 0 saturated carbocycles. The van der Waals surface area contributed by atoms with E-state index in [2.05, 4.69) is 10.2 Å². The first kappa shape index (κ1) is 18.4. The van der Waals surface area contributed by atoms with Gasteiger partial charge in [-0.2, -0.15) is 0 Å². The molecular weight excluding hydrogens is 327 g/mol. The lowest BCUT2D eigenvalue weighted by Crippen LogP contribution is -2.37. The van der Waals surface area contributed by atoms with E-state index in [0.717, 1.165) is 13.1 Å². The molecule has 0 spiro atoms. The van der Waals surface area contributed by atoms with Crippen molar-refractivity contribution in [1.29, 1.82) is 0 Å². The number of hydrogen-bond acceptors (Lipinski definition) is 2. The Morgan fingerprint density at radius 1 is 1.04 bits per heavy atom. The first-order chi connectivity index (χ1) is 12.5. The SMILES string of the molecule is CC(C)(CNC(=O)c1ccc(N2CCCCC2)cc1)c1ccccc1F. The van der Waals surface area contributed by atoms with Gasteiger partial charge in [-0.15, -0.1) is 0 Å². The fourth-order valence-electron chi connectivity index (χ4n) is 3.48. The number of rotatable bonds is 5. The zero-order valence-corrected chi connectivity index (χ0v) is 15.6. The number of carbonyl (C=O) groups is 1. The summed E-state index contributed by atoms with van der Waals surface area (Å²) in [6.07, 6.45) is 3.76. The molecule has 1 heterocycles. The predicted molar refractivity (Wildman–Crippen MR) is 104 cm³/mol. The van der Waals surface area contributed by atoms with Gasteiger partial charge in [0.15, 0.2) is 0 Å². The predicted octanol–water partition coefficient (Wildman–Crippen LogP) is 4.52. The monoisotopic (exact) mass is 354 g/mol. The van der Waals surface area contributed by atoms with Gasteiger partial charge in [0.25, 0.3) is 5.91 Å². The highest BCUT2D eigenvalue weighted by atomic mass is 19.1. The molecule has 0 aliphatic carbocycles. The third-order valence-electron chi connectivity index (χ3n) is 5.14. The van der Waals surface area contributed by atoms with Crippen molar-refractivity contribution in [3.05, 3.63) is 65.5 Å². The fourth-order valence-corrected chi connectivity index (χ4v) is 3.48. The van der Waals surface area contributed by atoms with Crippen molar-refractivity contribution in [3.8, 4) is 0 Å². The molecule has 2 aromatic carbocycles. The summed E-state index contributed by atoms with van der Waals surface area (Å²) in [5.74, 6) is -0.364. The second kappa shape index (κ2) is 7.90. The minimum atomic E-state index is -0.477. The lowest BCUT2D eigenvalue weighted by molar-refractivity contribution is 0.0945. The number of anilines is 1. The van der Waals surface area contributed by atoms with Crippen molar-refractivity contribution in [2.45, 2.75) is 38.5 Å². The van der Waals surface area contributed by atoms with Crippen LogP contribution in [-0.4, -0.2) is 25.5 Å². The first-order valence-corrected chi connectivity index (χ1v) is 9.35. The highest BCUT2D eigenvalue weighted by Gasteiger charge is 2.24. The highest BCUT2D eigenvalue weighted by molar-refractivity contribution is 5.94. The van der Waals surface area contributed by atoms with Crippen molar-refractivity contribution in [1.82, 2.24) is 5.32 Å².